The topological polar surface area (TPSA) is 40.5 Å². The maximum atomic E-state index is 11.3. The third-order valence-corrected chi connectivity index (χ3v) is 3.83. The molecular weight excluding hydrogens is 238 g/mol. The summed E-state index contributed by atoms with van der Waals surface area (Å²) in [6.07, 6.45) is 3.73. The molecular formula is C16H17NO2. The summed E-state index contributed by atoms with van der Waals surface area (Å²) in [6.45, 7) is 2.13. The lowest BCUT2D eigenvalue weighted by Gasteiger charge is -2.30. The zero-order chi connectivity index (χ0) is 13.2. The van der Waals surface area contributed by atoms with E-state index < -0.39 is 5.97 Å². The first-order chi connectivity index (χ1) is 9.27. The van der Waals surface area contributed by atoms with E-state index in [1.807, 2.05) is 30.3 Å². The molecule has 1 aliphatic heterocycles. The fourth-order valence-electron chi connectivity index (χ4n) is 2.88. The highest BCUT2D eigenvalue weighted by molar-refractivity contribution is 6.07. The molecule has 0 bridgehead atoms. The van der Waals surface area contributed by atoms with E-state index in [4.69, 9.17) is 0 Å². The second-order valence-corrected chi connectivity index (χ2v) is 5.03. The maximum Gasteiger partial charge on any atom is 0.336 e. The lowest BCUT2D eigenvalue weighted by Crippen LogP contribution is -2.29. The van der Waals surface area contributed by atoms with Crippen molar-refractivity contribution >= 4 is 22.4 Å². The van der Waals surface area contributed by atoms with Crippen LogP contribution in [-0.4, -0.2) is 24.2 Å². The van der Waals surface area contributed by atoms with Gasteiger partial charge in [0.1, 0.15) is 0 Å². The summed E-state index contributed by atoms with van der Waals surface area (Å²) in [5.41, 5.74) is 1.55. The normalized spacial score (nSPS) is 15.7. The average molecular weight is 255 g/mol. The van der Waals surface area contributed by atoms with Gasteiger partial charge in [0.05, 0.1) is 5.56 Å². The summed E-state index contributed by atoms with van der Waals surface area (Å²) in [5.74, 6) is -0.860. The van der Waals surface area contributed by atoms with Crippen molar-refractivity contribution in [1.82, 2.24) is 0 Å². The van der Waals surface area contributed by atoms with E-state index in [1.54, 1.807) is 6.07 Å². The standard InChI is InChI=1S/C16H17NO2/c18-16(19)14-8-9-15(17-10-4-1-5-11-17)13-7-3-2-6-12(13)14/h2-3,6-9H,1,4-5,10-11H2,(H,18,19). The predicted octanol–water partition coefficient (Wildman–Crippen LogP) is 3.53. The highest BCUT2D eigenvalue weighted by Gasteiger charge is 2.16. The number of nitrogens with zero attached hydrogens (tertiary/aromatic N) is 1. The van der Waals surface area contributed by atoms with Crippen LogP contribution in [0.1, 0.15) is 29.6 Å². The minimum absolute atomic E-state index is 0.386. The monoisotopic (exact) mass is 255 g/mol. The first-order valence-electron chi connectivity index (χ1n) is 6.77. The van der Waals surface area contributed by atoms with Crippen molar-refractivity contribution in [3.8, 4) is 0 Å². The van der Waals surface area contributed by atoms with Crippen LogP contribution in [0.25, 0.3) is 10.8 Å². The van der Waals surface area contributed by atoms with Crippen LogP contribution in [0.2, 0.25) is 0 Å². The van der Waals surface area contributed by atoms with Gasteiger partial charge in [-0.25, -0.2) is 4.79 Å². The van der Waals surface area contributed by atoms with Crippen molar-refractivity contribution in [1.29, 1.82) is 0 Å². The van der Waals surface area contributed by atoms with Crippen LogP contribution in [0.5, 0.6) is 0 Å². The first kappa shape index (κ1) is 12.0. The number of aromatic carboxylic acids is 1. The fraction of sp³-hybridized carbons (Fsp3) is 0.312. The average Bonchev–Trinajstić information content (AvgIpc) is 2.47. The zero-order valence-corrected chi connectivity index (χ0v) is 10.8. The molecule has 0 radical (unpaired) electrons. The smallest absolute Gasteiger partial charge is 0.336 e. The molecule has 3 rings (SSSR count). The molecule has 19 heavy (non-hydrogen) atoms. The quantitative estimate of drug-likeness (QED) is 0.892. The lowest BCUT2D eigenvalue weighted by molar-refractivity contribution is 0.0699. The number of hydrogen-bond acceptors (Lipinski definition) is 2. The van der Waals surface area contributed by atoms with Crippen molar-refractivity contribution in [2.45, 2.75) is 19.3 Å². The number of benzene rings is 2. The summed E-state index contributed by atoms with van der Waals surface area (Å²) in [5, 5.41) is 11.1. The van der Waals surface area contributed by atoms with Gasteiger partial charge < -0.3 is 10.0 Å². The number of carboxylic acids is 1. The Morgan fingerprint density at radius 3 is 2.32 bits per heavy atom. The minimum atomic E-state index is -0.860. The second kappa shape index (κ2) is 4.92. The van der Waals surface area contributed by atoms with Gasteiger partial charge in [0.2, 0.25) is 0 Å². The Balaban J connectivity index is 2.15. The van der Waals surface area contributed by atoms with Gasteiger partial charge in [-0.15, -0.1) is 0 Å². The lowest BCUT2D eigenvalue weighted by atomic mass is 10.0. The van der Waals surface area contributed by atoms with Crippen LogP contribution in [0.3, 0.4) is 0 Å². The molecule has 0 aromatic heterocycles. The maximum absolute atomic E-state index is 11.3. The van der Waals surface area contributed by atoms with E-state index in [9.17, 15) is 9.90 Å². The molecule has 1 N–H and O–H groups in total. The van der Waals surface area contributed by atoms with Crippen LogP contribution in [0.4, 0.5) is 5.69 Å². The van der Waals surface area contributed by atoms with Gasteiger partial charge in [0.25, 0.3) is 0 Å². The Morgan fingerprint density at radius 1 is 0.947 bits per heavy atom. The predicted molar refractivity (Wildman–Crippen MR) is 77.0 cm³/mol. The summed E-state index contributed by atoms with van der Waals surface area (Å²) in [4.78, 5) is 13.7. The minimum Gasteiger partial charge on any atom is -0.478 e. The molecule has 0 spiro atoms. The molecule has 0 unspecified atom stereocenters. The van der Waals surface area contributed by atoms with Gasteiger partial charge in [0, 0.05) is 24.2 Å². The van der Waals surface area contributed by atoms with E-state index in [1.165, 1.54) is 24.9 Å². The summed E-state index contributed by atoms with van der Waals surface area (Å²) < 4.78 is 0. The van der Waals surface area contributed by atoms with Gasteiger partial charge in [-0.2, -0.15) is 0 Å². The van der Waals surface area contributed by atoms with E-state index in [2.05, 4.69) is 4.90 Å². The van der Waals surface area contributed by atoms with Crippen LogP contribution >= 0.6 is 0 Å². The SMILES string of the molecule is O=C(O)c1ccc(N2CCCCC2)c2ccccc12. The third-order valence-electron chi connectivity index (χ3n) is 3.83. The Hall–Kier alpha value is -2.03. The molecule has 98 valence electrons. The van der Waals surface area contributed by atoms with Gasteiger partial charge in [0.15, 0.2) is 0 Å². The molecule has 1 saturated heterocycles. The van der Waals surface area contributed by atoms with Crippen molar-refractivity contribution in [2.75, 3.05) is 18.0 Å². The number of piperidine rings is 1. The molecule has 2 aromatic carbocycles. The van der Waals surface area contributed by atoms with Crippen molar-refractivity contribution in [2.24, 2.45) is 0 Å². The van der Waals surface area contributed by atoms with Gasteiger partial charge in [-0.05, 0) is 36.8 Å². The molecule has 1 heterocycles. The van der Waals surface area contributed by atoms with Crippen LogP contribution < -0.4 is 4.90 Å². The van der Waals surface area contributed by atoms with Crippen molar-refractivity contribution in [3.05, 3.63) is 42.0 Å². The van der Waals surface area contributed by atoms with E-state index in [-0.39, 0.29) is 0 Å². The molecule has 2 aromatic rings. The number of carboxylic acid groups (broad SMARTS) is 1. The molecule has 3 heteroatoms. The first-order valence-corrected chi connectivity index (χ1v) is 6.77. The van der Waals surface area contributed by atoms with Crippen molar-refractivity contribution < 1.29 is 9.90 Å². The molecule has 3 nitrogen and oxygen atoms in total. The van der Waals surface area contributed by atoms with E-state index >= 15 is 0 Å². The Kier molecular flexibility index (Phi) is 3.11. The highest BCUT2D eigenvalue weighted by atomic mass is 16.4. The number of fused-ring (bicyclic) bond motifs is 1. The van der Waals surface area contributed by atoms with Crippen molar-refractivity contribution in [3.63, 3.8) is 0 Å². The van der Waals surface area contributed by atoms with Gasteiger partial charge >= 0.3 is 5.97 Å². The van der Waals surface area contributed by atoms with Crippen LogP contribution in [0, 0.1) is 0 Å². The Labute approximate surface area is 112 Å². The number of rotatable bonds is 2. The molecule has 0 aliphatic carbocycles. The number of anilines is 1. The fourth-order valence-corrected chi connectivity index (χ4v) is 2.88. The Bertz CT molecular complexity index is 615. The largest absolute Gasteiger partial charge is 0.478 e. The molecule has 0 saturated carbocycles. The van der Waals surface area contributed by atoms with Crippen LogP contribution in [0.15, 0.2) is 36.4 Å². The van der Waals surface area contributed by atoms with E-state index in [0.29, 0.717) is 5.56 Å². The Morgan fingerprint density at radius 2 is 1.63 bits per heavy atom. The number of carbonyl (C=O) groups is 1. The molecule has 1 fully saturated rings. The van der Waals surface area contributed by atoms with Gasteiger partial charge in [-0.1, -0.05) is 24.3 Å². The van der Waals surface area contributed by atoms with Gasteiger partial charge in [-0.3, -0.25) is 0 Å². The molecule has 0 amide bonds. The molecule has 0 atom stereocenters. The van der Waals surface area contributed by atoms with Crippen LogP contribution in [-0.2, 0) is 0 Å². The highest BCUT2D eigenvalue weighted by Crippen LogP contribution is 2.31. The third kappa shape index (κ3) is 2.16. The number of hydrogen-bond donors (Lipinski definition) is 1. The second-order valence-electron chi connectivity index (χ2n) is 5.03. The summed E-state index contributed by atoms with van der Waals surface area (Å²) in [7, 11) is 0. The van der Waals surface area contributed by atoms with E-state index in [0.717, 1.165) is 23.9 Å². The zero-order valence-electron chi connectivity index (χ0n) is 10.8. The molecule has 1 aliphatic rings. The summed E-state index contributed by atoms with van der Waals surface area (Å²) in [6, 6.07) is 11.5. The summed E-state index contributed by atoms with van der Waals surface area (Å²) >= 11 is 0.